The Morgan fingerprint density at radius 3 is 1.56 bits per heavy atom. The Morgan fingerprint density at radius 2 is 1.56 bits per heavy atom. The van der Waals surface area contributed by atoms with Gasteiger partial charge in [-0.25, -0.2) is 0 Å². The molecule has 0 unspecified atom stereocenters. The highest BCUT2D eigenvalue weighted by Crippen LogP contribution is 1.83. The van der Waals surface area contributed by atoms with Crippen LogP contribution in [0.25, 0.3) is 0 Å². The van der Waals surface area contributed by atoms with Crippen LogP contribution in [0.4, 0.5) is 0 Å². The van der Waals surface area contributed by atoms with Crippen LogP contribution in [0.5, 0.6) is 0 Å². The van der Waals surface area contributed by atoms with E-state index in [1.807, 2.05) is 0 Å². The maximum Gasteiger partial charge on any atom is 0.290 e. The maximum atomic E-state index is 8.36. The fourth-order valence-electron chi connectivity index (χ4n) is 0. The molecule has 0 saturated heterocycles. The highest BCUT2D eigenvalue weighted by atomic mass is 16.3. The van der Waals surface area contributed by atoms with Crippen LogP contribution in [0.1, 0.15) is 6.92 Å². The summed E-state index contributed by atoms with van der Waals surface area (Å²) in [5, 5.41) is 6.89. The second-order valence-corrected chi connectivity index (χ2v) is 2.71. The van der Waals surface area contributed by atoms with Crippen molar-refractivity contribution in [3.8, 4) is 0 Å². The molecule has 0 aromatic rings. The Bertz CT molecular complexity index is 65.9. The summed E-state index contributed by atoms with van der Waals surface area (Å²) >= 11 is 0. The molecule has 0 aliphatic heterocycles. The second-order valence-electron chi connectivity index (χ2n) is 2.71. The van der Waals surface area contributed by atoms with Gasteiger partial charge in [-0.1, -0.05) is 0 Å². The monoisotopic (exact) mass is 134 g/mol. The first-order chi connectivity index (χ1) is 3.97. The first-order valence-corrected chi connectivity index (χ1v) is 2.86. The summed E-state index contributed by atoms with van der Waals surface area (Å²) in [6, 6.07) is 0. The minimum Gasteiger partial charge on any atom is -0.483 e. The average molecular weight is 134 g/mol. The molecule has 0 rings (SSSR count). The van der Waals surface area contributed by atoms with Crippen molar-refractivity contribution < 1.29 is 14.4 Å². The van der Waals surface area contributed by atoms with Gasteiger partial charge in [-0.2, -0.15) is 0 Å². The minimum atomic E-state index is -0.250. The van der Waals surface area contributed by atoms with Gasteiger partial charge in [0.2, 0.25) is 0 Å². The Labute approximate surface area is 56.5 Å². The van der Waals surface area contributed by atoms with Gasteiger partial charge in [-0.3, -0.25) is 4.79 Å². The summed E-state index contributed by atoms with van der Waals surface area (Å²) in [5.74, 6) is 0. The molecule has 3 heteroatoms. The molecule has 0 amide bonds. The van der Waals surface area contributed by atoms with Crippen LogP contribution in [0.15, 0.2) is 0 Å². The fraction of sp³-hybridized carbons (Fsp3) is 0.833. The van der Waals surface area contributed by atoms with Gasteiger partial charge in [-0.15, -0.1) is 0 Å². The lowest BCUT2D eigenvalue weighted by Gasteiger charge is -2.20. The van der Waals surface area contributed by atoms with Crippen LogP contribution in [0.2, 0.25) is 0 Å². The number of nitrogens with zero attached hydrogens (tertiary/aromatic N) is 1. The molecular formula is C6H16NO2+. The topological polar surface area (TPSA) is 37.3 Å². The smallest absolute Gasteiger partial charge is 0.290 e. The van der Waals surface area contributed by atoms with Crippen LogP contribution < -0.4 is 0 Å². The lowest BCUT2D eigenvalue weighted by atomic mass is 10.6. The minimum absolute atomic E-state index is 0.250. The molecule has 0 fully saturated rings. The van der Waals surface area contributed by atoms with Gasteiger partial charge in [0.15, 0.2) is 0 Å². The lowest BCUT2D eigenvalue weighted by molar-refractivity contribution is -0.868. The van der Waals surface area contributed by atoms with E-state index >= 15 is 0 Å². The van der Waals surface area contributed by atoms with Crippen molar-refractivity contribution in [2.75, 3.05) is 27.7 Å². The quantitative estimate of drug-likeness (QED) is 0.416. The van der Waals surface area contributed by atoms with Gasteiger partial charge in [0, 0.05) is 0 Å². The van der Waals surface area contributed by atoms with E-state index in [0.717, 1.165) is 4.48 Å². The third kappa shape index (κ3) is 37.1. The van der Waals surface area contributed by atoms with E-state index in [2.05, 4.69) is 28.1 Å². The molecule has 0 radical (unpaired) electrons. The van der Waals surface area contributed by atoms with E-state index in [4.69, 9.17) is 9.90 Å². The van der Waals surface area contributed by atoms with Gasteiger partial charge in [-0.05, 0) is 6.92 Å². The van der Waals surface area contributed by atoms with Gasteiger partial charge >= 0.3 is 0 Å². The summed E-state index contributed by atoms with van der Waals surface area (Å²) in [7, 11) is 6.54. The highest BCUT2D eigenvalue weighted by Gasteiger charge is 1.97. The molecule has 1 N–H and O–H groups in total. The van der Waals surface area contributed by atoms with Crippen LogP contribution in [0.3, 0.4) is 0 Å². The summed E-state index contributed by atoms with van der Waals surface area (Å²) in [4.78, 5) is 8.36. The molecule has 0 spiro atoms. The summed E-state index contributed by atoms with van der Waals surface area (Å²) in [6.07, 6.45) is 0. The number of carboxylic acid groups (broad SMARTS) is 1. The Hall–Kier alpha value is -0.570. The molecule has 0 aliphatic carbocycles. The number of rotatable bonds is 1. The number of hydrogen-bond acceptors (Lipinski definition) is 1. The third-order valence-electron chi connectivity index (χ3n) is 0.949. The zero-order valence-corrected chi connectivity index (χ0v) is 6.59. The SMILES string of the molecule is CC[N+](C)(C)C.O=CO. The second kappa shape index (κ2) is 5.56. The number of hydrogen-bond donors (Lipinski definition) is 1. The Morgan fingerprint density at radius 1 is 1.44 bits per heavy atom. The van der Waals surface area contributed by atoms with E-state index in [1.165, 1.54) is 6.54 Å². The zero-order valence-electron chi connectivity index (χ0n) is 6.59. The molecule has 0 aromatic carbocycles. The van der Waals surface area contributed by atoms with Gasteiger partial charge in [0.05, 0.1) is 27.7 Å². The van der Waals surface area contributed by atoms with Crippen molar-refractivity contribution >= 4 is 6.47 Å². The van der Waals surface area contributed by atoms with E-state index < -0.39 is 0 Å². The van der Waals surface area contributed by atoms with Crippen LogP contribution in [0, 0.1) is 0 Å². The third-order valence-corrected chi connectivity index (χ3v) is 0.949. The van der Waals surface area contributed by atoms with Gasteiger partial charge < -0.3 is 9.59 Å². The fourth-order valence-corrected chi connectivity index (χ4v) is 0. The van der Waals surface area contributed by atoms with Crippen molar-refractivity contribution in [2.24, 2.45) is 0 Å². The van der Waals surface area contributed by atoms with Crippen molar-refractivity contribution in [3.05, 3.63) is 0 Å². The molecule has 56 valence electrons. The summed E-state index contributed by atoms with van der Waals surface area (Å²) in [5.41, 5.74) is 0. The van der Waals surface area contributed by atoms with E-state index in [0.29, 0.717) is 0 Å². The average Bonchev–Trinajstić information content (AvgIpc) is 1.67. The Balaban J connectivity index is 0. The first-order valence-electron chi connectivity index (χ1n) is 2.86. The molecule has 0 aromatic heterocycles. The Kier molecular flexibility index (Phi) is 6.96. The molecule has 9 heavy (non-hydrogen) atoms. The lowest BCUT2D eigenvalue weighted by Crippen LogP contribution is -2.33. The first kappa shape index (κ1) is 11.3. The van der Waals surface area contributed by atoms with Crippen molar-refractivity contribution in [1.29, 1.82) is 0 Å². The van der Waals surface area contributed by atoms with Crippen LogP contribution in [-0.2, 0) is 4.79 Å². The van der Waals surface area contributed by atoms with Crippen LogP contribution >= 0.6 is 0 Å². The summed E-state index contributed by atoms with van der Waals surface area (Å²) < 4.78 is 1.07. The van der Waals surface area contributed by atoms with Crippen molar-refractivity contribution in [2.45, 2.75) is 6.92 Å². The van der Waals surface area contributed by atoms with Crippen molar-refractivity contribution in [1.82, 2.24) is 0 Å². The largest absolute Gasteiger partial charge is 0.483 e. The highest BCUT2D eigenvalue weighted by molar-refractivity contribution is 5.32. The van der Waals surface area contributed by atoms with E-state index in [1.54, 1.807) is 0 Å². The molecule has 3 nitrogen and oxygen atoms in total. The van der Waals surface area contributed by atoms with Gasteiger partial charge in [0.1, 0.15) is 0 Å². The summed E-state index contributed by atoms with van der Waals surface area (Å²) in [6.45, 7) is 3.14. The number of quaternary nitrogens is 1. The molecule has 0 saturated carbocycles. The van der Waals surface area contributed by atoms with E-state index in [9.17, 15) is 0 Å². The maximum absolute atomic E-state index is 8.36. The molecular weight excluding hydrogens is 118 g/mol. The standard InChI is InChI=1S/C5H14N.CH2O2/c1-5-6(2,3)4;2-1-3/h5H2,1-4H3;1H,(H,2,3)/q+1;. The van der Waals surface area contributed by atoms with Crippen molar-refractivity contribution in [3.63, 3.8) is 0 Å². The zero-order chi connectivity index (χ0) is 7.91. The van der Waals surface area contributed by atoms with Gasteiger partial charge in [0.25, 0.3) is 6.47 Å². The normalized spacial score (nSPS) is 9.33. The molecule has 0 bridgehead atoms. The van der Waals surface area contributed by atoms with Crippen LogP contribution in [-0.4, -0.2) is 43.7 Å². The van der Waals surface area contributed by atoms with E-state index in [-0.39, 0.29) is 6.47 Å². The predicted octanol–water partition coefficient (Wildman–Crippen LogP) is 0.413. The number of carbonyl (C=O) groups is 1. The predicted molar refractivity (Wildman–Crippen MR) is 37.3 cm³/mol. The molecule has 0 atom stereocenters. The molecule has 0 heterocycles. The molecule has 0 aliphatic rings.